The van der Waals surface area contributed by atoms with Crippen LogP contribution in [0.25, 0.3) is 0 Å². The molecule has 5 nitrogen and oxygen atoms in total. The first-order chi connectivity index (χ1) is 9.61. The van der Waals surface area contributed by atoms with Gasteiger partial charge in [0, 0.05) is 38.8 Å². The van der Waals surface area contributed by atoms with Crippen LogP contribution in [-0.2, 0) is 0 Å². The lowest BCUT2D eigenvalue weighted by atomic mass is 10.2. The molecule has 0 atom stereocenters. The van der Waals surface area contributed by atoms with Crippen LogP contribution in [0, 0.1) is 5.82 Å². The van der Waals surface area contributed by atoms with Crippen molar-refractivity contribution in [2.75, 3.05) is 42.9 Å². The number of halogens is 1. The van der Waals surface area contributed by atoms with Crippen LogP contribution < -0.4 is 10.2 Å². The van der Waals surface area contributed by atoms with Crippen LogP contribution >= 0.6 is 0 Å². The second kappa shape index (κ2) is 6.83. The number of aromatic nitrogens is 2. The van der Waals surface area contributed by atoms with Gasteiger partial charge in [-0.15, -0.1) is 0 Å². The second-order valence-corrected chi connectivity index (χ2v) is 5.41. The topological polar surface area (TPSA) is 44.3 Å². The largest absolute Gasteiger partial charge is 0.354 e. The quantitative estimate of drug-likeness (QED) is 0.894. The van der Waals surface area contributed by atoms with Crippen LogP contribution in [0.5, 0.6) is 0 Å². The molecule has 6 heteroatoms. The number of nitrogens with zero attached hydrogens (tertiary/aromatic N) is 4. The Morgan fingerprint density at radius 2 is 2.00 bits per heavy atom. The van der Waals surface area contributed by atoms with Gasteiger partial charge in [0.15, 0.2) is 11.6 Å². The number of anilines is 2. The van der Waals surface area contributed by atoms with E-state index in [1.807, 2.05) is 4.90 Å². The number of nitrogens with one attached hydrogen (secondary N) is 1. The SMILES string of the molecule is CCCNc1ncc(F)c(N2CCN(C(C)C)CC2)n1. The Morgan fingerprint density at radius 3 is 2.60 bits per heavy atom. The molecule has 1 aliphatic heterocycles. The van der Waals surface area contributed by atoms with Crippen LogP contribution in [-0.4, -0.2) is 53.6 Å². The zero-order chi connectivity index (χ0) is 14.5. The van der Waals surface area contributed by atoms with Gasteiger partial charge in [-0.25, -0.2) is 9.37 Å². The molecule has 20 heavy (non-hydrogen) atoms. The van der Waals surface area contributed by atoms with Crippen LogP contribution in [0.2, 0.25) is 0 Å². The average molecular weight is 281 g/mol. The fraction of sp³-hybridized carbons (Fsp3) is 0.714. The molecular weight excluding hydrogens is 257 g/mol. The van der Waals surface area contributed by atoms with Gasteiger partial charge in [-0.05, 0) is 20.3 Å². The predicted molar refractivity (Wildman–Crippen MR) is 79.7 cm³/mol. The lowest BCUT2D eigenvalue weighted by Crippen LogP contribution is -2.49. The van der Waals surface area contributed by atoms with Gasteiger partial charge in [0.25, 0.3) is 0 Å². The molecule has 1 aromatic heterocycles. The summed E-state index contributed by atoms with van der Waals surface area (Å²) in [4.78, 5) is 12.7. The molecule has 112 valence electrons. The van der Waals surface area contributed by atoms with E-state index >= 15 is 0 Å². The molecule has 0 aromatic carbocycles. The fourth-order valence-electron chi connectivity index (χ4n) is 2.35. The molecule has 0 spiro atoms. The molecule has 0 aliphatic carbocycles. The van der Waals surface area contributed by atoms with Gasteiger partial charge < -0.3 is 10.2 Å². The van der Waals surface area contributed by atoms with Crippen LogP contribution in [0.1, 0.15) is 27.2 Å². The molecule has 0 radical (unpaired) electrons. The third-order valence-electron chi connectivity index (χ3n) is 3.60. The van der Waals surface area contributed by atoms with Gasteiger partial charge in [0.05, 0.1) is 6.20 Å². The molecule has 2 rings (SSSR count). The zero-order valence-corrected chi connectivity index (χ0v) is 12.6. The van der Waals surface area contributed by atoms with Crippen molar-refractivity contribution in [2.24, 2.45) is 0 Å². The third kappa shape index (κ3) is 3.56. The smallest absolute Gasteiger partial charge is 0.224 e. The summed E-state index contributed by atoms with van der Waals surface area (Å²) in [6.45, 7) is 10.7. The first kappa shape index (κ1) is 15.0. The van der Waals surface area contributed by atoms with E-state index in [2.05, 4.69) is 41.0 Å². The number of rotatable bonds is 5. The molecule has 1 saturated heterocycles. The Hall–Kier alpha value is -1.43. The number of hydrogen-bond acceptors (Lipinski definition) is 5. The highest BCUT2D eigenvalue weighted by atomic mass is 19.1. The van der Waals surface area contributed by atoms with Crippen molar-refractivity contribution in [1.29, 1.82) is 0 Å². The molecule has 0 saturated carbocycles. The molecule has 1 N–H and O–H groups in total. The summed E-state index contributed by atoms with van der Waals surface area (Å²) < 4.78 is 13.9. The Morgan fingerprint density at radius 1 is 1.30 bits per heavy atom. The Labute approximate surface area is 120 Å². The lowest BCUT2D eigenvalue weighted by molar-refractivity contribution is 0.208. The van der Waals surface area contributed by atoms with Crippen molar-refractivity contribution in [3.8, 4) is 0 Å². The first-order valence-electron chi connectivity index (χ1n) is 7.37. The predicted octanol–water partition coefficient (Wildman–Crippen LogP) is 1.97. The summed E-state index contributed by atoms with van der Waals surface area (Å²) in [7, 11) is 0. The molecular formula is C14H24FN5. The van der Waals surface area contributed by atoms with Crippen LogP contribution in [0.15, 0.2) is 6.20 Å². The Balaban J connectivity index is 2.05. The highest BCUT2D eigenvalue weighted by Gasteiger charge is 2.22. The van der Waals surface area contributed by atoms with Crippen molar-refractivity contribution in [1.82, 2.24) is 14.9 Å². The summed E-state index contributed by atoms with van der Waals surface area (Å²) >= 11 is 0. The molecule has 1 fully saturated rings. The molecule has 0 bridgehead atoms. The van der Waals surface area contributed by atoms with Gasteiger partial charge >= 0.3 is 0 Å². The normalized spacial score (nSPS) is 16.8. The summed E-state index contributed by atoms with van der Waals surface area (Å²) in [6, 6.07) is 0.536. The molecule has 0 unspecified atom stereocenters. The Kier molecular flexibility index (Phi) is 5.11. The van der Waals surface area contributed by atoms with Crippen molar-refractivity contribution in [2.45, 2.75) is 33.2 Å². The fourth-order valence-corrected chi connectivity index (χ4v) is 2.35. The van der Waals surface area contributed by atoms with Crippen molar-refractivity contribution in [3.05, 3.63) is 12.0 Å². The van der Waals surface area contributed by atoms with Crippen molar-refractivity contribution < 1.29 is 4.39 Å². The minimum Gasteiger partial charge on any atom is -0.354 e. The van der Waals surface area contributed by atoms with Crippen molar-refractivity contribution in [3.63, 3.8) is 0 Å². The van der Waals surface area contributed by atoms with Gasteiger partial charge in [0.1, 0.15) is 0 Å². The van der Waals surface area contributed by atoms with Gasteiger partial charge in [-0.1, -0.05) is 6.92 Å². The Bertz CT molecular complexity index is 430. The first-order valence-corrected chi connectivity index (χ1v) is 7.37. The van der Waals surface area contributed by atoms with Gasteiger partial charge in [-0.3, -0.25) is 4.90 Å². The van der Waals surface area contributed by atoms with E-state index in [1.165, 1.54) is 6.20 Å². The van der Waals surface area contributed by atoms with E-state index < -0.39 is 0 Å². The summed E-state index contributed by atoms with van der Waals surface area (Å²) in [5.41, 5.74) is 0. The molecule has 1 aliphatic rings. The average Bonchev–Trinajstić information content (AvgIpc) is 2.46. The highest BCUT2D eigenvalue weighted by molar-refractivity contribution is 5.44. The van der Waals surface area contributed by atoms with E-state index in [0.29, 0.717) is 17.8 Å². The summed E-state index contributed by atoms with van der Waals surface area (Å²) in [6.07, 6.45) is 2.25. The van der Waals surface area contributed by atoms with E-state index in [1.54, 1.807) is 0 Å². The van der Waals surface area contributed by atoms with E-state index in [9.17, 15) is 4.39 Å². The minimum atomic E-state index is -0.343. The second-order valence-electron chi connectivity index (χ2n) is 5.41. The summed E-state index contributed by atoms with van der Waals surface area (Å²) in [5.74, 6) is 0.585. The third-order valence-corrected chi connectivity index (χ3v) is 3.60. The molecule has 0 amide bonds. The number of hydrogen-bond donors (Lipinski definition) is 1. The van der Waals surface area contributed by atoms with E-state index in [0.717, 1.165) is 39.1 Å². The number of piperazine rings is 1. The maximum Gasteiger partial charge on any atom is 0.224 e. The lowest BCUT2D eigenvalue weighted by Gasteiger charge is -2.37. The van der Waals surface area contributed by atoms with E-state index in [4.69, 9.17) is 0 Å². The summed E-state index contributed by atoms with van der Waals surface area (Å²) in [5, 5.41) is 3.10. The molecule has 1 aromatic rings. The monoisotopic (exact) mass is 281 g/mol. The van der Waals surface area contributed by atoms with Crippen LogP contribution in [0.4, 0.5) is 16.2 Å². The standard InChI is InChI=1S/C14H24FN5/c1-4-5-16-14-17-10-12(15)13(18-14)20-8-6-19(7-9-20)11(2)3/h10-11H,4-9H2,1-3H3,(H,16,17,18). The minimum absolute atomic E-state index is 0.343. The maximum atomic E-state index is 13.9. The highest BCUT2D eigenvalue weighted by Crippen LogP contribution is 2.19. The van der Waals surface area contributed by atoms with Crippen LogP contribution in [0.3, 0.4) is 0 Å². The maximum absolute atomic E-state index is 13.9. The molecule has 2 heterocycles. The van der Waals surface area contributed by atoms with E-state index in [-0.39, 0.29) is 5.82 Å². The van der Waals surface area contributed by atoms with Crippen molar-refractivity contribution >= 4 is 11.8 Å². The zero-order valence-electron chi connectivity index (χ0n) is 12.6. The van der Waals surface area contributed by atoms with Gasteiger partial charge in [0.2, 0.25) is 5.95 Å². The van der Waals surface area contributed by atoms with Gasteiger partial charge in [-0.2, -0.15) is 4.98 Å².